The molecule has 0 aliphatic heterocycles. The molecule has 1 aromatic carbocycles. The Hall–Kier alpha value is -1.77. The first-order chi connectivity index (χ1) is 6.72. The van der Waals surface area contributed by atoms with E-state index in [1.807, 2.05) is 13.0 Å². The second-order valence-electron chi connectivity index (χ2n) is 3.18. The number of nitrogens with zero attached hydrogens (tertiary/aromatic N) is 1. The van der Waals surface area contributed by atoms with Crippen molar-refractivity contribution in [2.24, 2.45) is 0 Å². The van der Waals surface area contributed by atoms with Gasteiger partial charge in [0.15, 0.2) is 0 Å². The van der Waals surface area contributed by atoms with Crippen LogP contribution in [0.1, 0.15) is 5.56 Å². The van der Waals surface area contributed by atoms with Crippen molar-refractivity contribution in [3.05, 3.63) is 30.0 Å². The van der Waals surface area contributed by atoms with Crippen molar-refractivity contribution in [1.29, 1.82) is 0 Å². The maximum Gasteiger partial charge on any atom is 0.221 e. The highest BCUT2D eigenvalue weighted by Gasteiger charge is 2.05. The van der Waals surface area contributed by atoms with Crippen LogP contribution < -0.4 is 4.74 Å². The summed E-state index contributed by atoms with van der Waals surface area (Å²) in [5.41, 5.74) is 1.07. The highest BCUT2D eigenvalue weighted by Crippen LogP contribution is 2.28. The number of ether oxygens (including phenoxy) is 1. The van der Waals surface area contributed by atoms with Gasteiger partial charge >= 0.3 is 0 Å². The molecule has 0 unspecified atom stereocenters. The van der Waals surface area contributed by atoms with E-state index >= 15 is 0 Å². The van der Waals surface area contributed by atoms with Crippen molar-refractivity contribution in [1.82, 2.24) is 4.98 Å². The fourth-order valence-corrected chi connectivity index (χ4v) is 1.51. The summed E-state index contributed by atoms with van der Waals surface area (Å²) in [5, 5.41) is 11.2. The molecule has 2 rings (SSSR count). The number of hydrogen-bond donors (Lipinski definition) is 1. The van der Waals surface area contributed by atoms with E-state index in [1.165, 1.54) is 0 Å². The van der Waals surface area contributed by atoms with Crippen molar-refractivity contribution in [3.8, 4) is 11.6 Å². The average Bonchev–Trinajstić information content (AvgIpc) is 2.18. The molecule has 72 valence electrons. The summed E-state index contributed by atoms with van der Waals surface area (Å²) in [6.45, 7) is 1.98. The molecule has 14 heavy (non-hydrogen) atoms. The Morgan fingerprint density at radius 2 is 2.07 bits per heavy atom. The molecule has 0 saturated heterocycles. The van der Waals surface area contributed by atoms with E-state index in [4.69, 9.17) is 4.74 Å². The van der Waals surface area contributed by atoms with E-state index in [9.17, 15) is 5.11 Å². The van der Waals surface area contributed by atoms with Crippen molar-refractivity contribution >= 4 is 10.8 Å². The van der Waals surface area contributed by atoms with Crippen LogP contribution in [-0.2, 0) is 0 Å². The predicted molar refractivity (Wildman–Crippen MR) is 54.7 cm³/mol. The van der Waals surface area contributed by atoms with Gasteiger partial charge in [0.1, 0.15) is 5.75 Å². The lowest BCUT2D eigenvalue weighted by Gasteiger charge is -2.06. The molecule has 0 bridgehead atoms. The van der Waals surface area contributed by atoms with Gasteiger partial charge in [-0.05, 0) is 30.0 Å². The summed E-state index contributed by atoms with van der Waals surface area (Å²) >= 11 is 0. The molecule has 0 saturated carbocycles. The molecule has 3 heteroatoms. The van der Waals surface area contributed by atoms with Crippen LogP contribution in [-0.4, -0.2) is 17.2 Å². The summed E-state index contributed by atoms with van der Waals surface area (Å²) in [6.07, 6.45) is 1.76. The first-order valence-electron chi connectivity index (χ1n) is 4.34. The molecule has 1 N–H and O–H groups in total. The molecular weight excluding hydrogens is 178 g/mol. The first-order valence-corrected chi connectivity index (χ1v) is 4.34. The standard InChI is InChI=1S/C11H11NO2/c1-7-6-12-11(14-2)10-5-8(13)3-4-9(7)10/h3-6,13H,1-2H3. The number of phenolic OH excluding ortho intramolecular Hbond substituents is 1. The van der Waals surface area contributed by atoms with Gasteiger partial charge in [-0.25, -0.2) is 4.98 Å². The highest BCUT2D eigenvalue weighted by atomic mass is 16.5. The molecule has 0 aliphatic carbocycles. The second kappa shape index (κ2) is 3.18. The summed E-state index contributed by atoms with van der Waals surface area (Å²) in [5.74, 6) is 0.768. The minimum Gasteiger partial charge on any atom is -0.508 e. The molecule has 0 aliphatic rings. The molecule has 0 amide bonds. The molecule has 1 heterocycles. The fourth-order valence-electron chi connectivity index (χ4n) is 1.51. The van der Waals surface area contributed by atoms with E-state index < -0.39 is 0 Å². The van der Waals surface area contributed by atoms with Crippen molar-refractivity contribution in [2.75, 3.05) is 7.11 Å². The normalized spacial score (nSPS) is 10.4. The van der Waals surface area contributed by atoms with Gasteiger partial charge in [0, 0.05) is 11.6 Å². The summed E-state index contributed by atoms with van der Waals surface area (Å²) in [4.78, 5) is 4.13. The zero-order valence-electron chi connectivity index (χ0n) is 8.11. The van der Waals surface area contributed by atoms with Crippen LogP contribution in [0.25, 0.3) is 10.8 Å². The van der Waals surface area contributed by atoms with Crippen LogP contribution in [0.5, 0.6) is 11.6 Å². The summed E-state index contributed by atoms with van der Waals surface area (Å²) in [6, 6.07) is 5.19. The Balaban J connectivity index is 2.85. The van der Waals surface area contributed by atoms with E-state index in [-0.39, 0.29) is 5.75 Å². The average molecular weight is 189 g/mol. The fraction of sp³-hybridized carbons (Fsp3) is 0.182. The Morgan fingerprint density at radius 1 is 1.29 bits per heavy atom. The van der Waals surface area contributed by atoms with E-state index in [1.54, 1.807) is 25.4 Å². The van der Waals surface area contributed by atoms with Crippen LogP contribution in [0.15, 0.2) is 24.4 Å². The zero-order valence-corrected chi connectivity index (χ0v) is 8.11. The van der Waals surface area contributed by atoms with Gasteiger partial charge < -0.3 is 9.84 Å². The smallest absolute Gasteiger partial charge is 0.221 e. The summed E-state index contributed by atoms with van der Waals surface area (Å²) < 4.78 is 5.12. The van der Waals surface area contributed by atoms with Gasteiger partial charge in [-0.15, -0.1) is 0 Å². The van der Waals surface area contributed by atoms with Gasteiger partial charge in [0.2, 0.25) is 5.88 Å². The molecular formula is C11H11NO2. The predicted octanol–water partition coefficient (Wildman–Crippen LogP) is 2.26. The number of aromatic hydroxyl groups is 1. The number of fused-ring (bicyclic) bond motifs is 1. The number of benzene rings is 1. The number of rotatable bonds is 1. The van der Waals surface area contributed by atoms with Crippen LogP contribution in [0, 0.1) is 6.92 Å². The minimum absolute atomic E-state index is 0.225. The van der Waals surface area contributed by atoms with Crippen molar-refractivity contribution in [2.45, 2.75) is 6.92 Å². The highest BCUT2D eigenvalue weighted by molar-refractivity contribution is 5.90. The van der Waals surface area contributed by atoms with Gasteiger partial charge in [0.25, 0.3) is 0 Å². The second-order valence-corrected chi connectivity index (χ2v) is 3.18. The zero-order chi connectivity index (χ0) is 10.1. The summed E-state index contributed by atoms with van der Waals surface area (Å²) in [7, 11) is 1.57. The van der Waals surface area contributed by atoms with Crippen LogP contribution in [0.4, 0.5) is 0 Å². The van der Waals surface area contributed by atoms with Gasteiger partial charge in [-0.1, -0.05) is 6.07 Å². The Morgan fingerprint density at radius 3 is 2.79 bits per heavy atom. The Kier molecular flexibility index (Phi) is 2.00. The van der Waals surface area contributed by atoms with Gasteiger partial charge in [0.05, 0.1) is 7.11 Å². The molecule has 0 spiro atoms. The SMILES string of the molecule is COc1ncc(C)c2ccc(O)cc12. The lowest BCUT2D eigenvalue weighted by molar-refractivity contribution is 0.403. The van der Waals surface area contributed by atoms with Gasteiger partial charge in [-0.3, -0.25) is 0 Å². The van der Waals surface area contributed by atoms with Crippen LogP contribution in [0.2, 0.25) is 0 Å². The van der Waals surface area contributed by atoms with Gasteiger partial charge in [-0.2, -0.15) is 0 Å². The maximum absolute atomic E-state index is 9.36. The van der Waals surface area contributed by atoms with E-state index in [0.717, 1.165) is 16.3 Å². The largest absolute Gasteiger partial charge is 0.508 e. The Labute approximate surface area is 82.0 Å². The molecule has 0 radical (unpaired) electrons. The molecule has 0 atom stereocenters. The van der Waals surface area contributed by atoms with E-state index in [0.29, 0.717) is 5.88 Å². The maximum atomic E-state index is 9.36. The molecule has 3 nitrogen and oxygen atoms in total. The van der Waals surface area contributed by atoms with Crippen LogP contribution in [0.3, 0.4) is 0 Å². The number of aromatic nitrogens is 1. The number of aryl methyl sites for hydroxylation is 1. The third-order valence-electron chi connectivity index (χ3n) is 2.23. The third kappa shape index (κ3) is 1.27. The molecule has 0 fully saturated rings. The van der Waals surface area contributed by atoms with Crippen molar-refractivity contribution < 1.29 is 9.84 Å². The molecule has 2 aromatic rings. The number of methoxy groups -OCH3 is 1. The number of hydrogen-bond acceptors (Lipinski definition) is 3. The number of phenols is 1. The lowest BCUT2D eigenvalue weighted by atomic mass is 10.1. The van der Waals surface area contributed by atoms with Crippen LogP contribution >= 0.6 is 0 Å². The first kappa shape index (κ1) is 8.81. The quantitative estimate of drug-likeness (QED) is 0.748. The molecule has 1 aromatic heterocycles. The van der Waals surface area contributed by atoms with Crippen molar-refractivity contribution in [3.63, 3.8) is 0 Å². The monoisotopic (exact) mass is 189 g/mol. The number of pyridine rings is 1. The third-order valence-corrected chi connectivity index (χ3v) is 2.23. The Bertz CT molecular complexity index is 480. The topological polar surface area (TPSA) is 42.4 Å². The lowest BCUT2D eigenvalue weighted by Crippen LogP contribution is -1.90. The van der Waals surface area contributed by atoms with E-state index in [2.05, 4.69) is 4.98 Å². The minimum atomic E-state index is 0.225.